The first-order valence-electron chi connectivity index (χ1n) is 9.76. The van der Waals surface area contributed by atoms with Gasteiger partial charge in [-0.05, 0) is 57.1 Å². The monoisotopic (exact) mass is 378 g/mol. The van der Waals surface area contributed by atoms with Crippen molar-refractivity contribution in [2.24, 2.45) is 0 Å². The molecule has 3 heterocycles. The van der Waals surface area contributed by atoms with Gasteiger partial charge in [-0.15, -0.1) is 10.2 Å². The molecule has 146 valence electrons. The number of likely N-dealkylation sites (tertiary alicyclic amines) is 1. The van der Waals surface area contributed by atoms with Crippen molar-refractivity contribution >= 4 is 11.5 Å². The Hall–Kier alpha value is -2.85. The van der Waals surface area contributed by atoms with Crippen LogP contribution in [0.5, 0.6) is 5.75 Å². The Morgan fingerprint density at radius 2 is 1.96 bits per heavy atom. The third-order valence-corrected chi connectivity index (χ3v) is 5.85. The first kappa shape index (κ1) is 18.5. The van der Waals surface area contributed by atoms with Crippen LogP contribution >= 0.6 is 0 Å². The Labute approximate surface area is 165 Å². The summed E-state index contributed by atoms with van der Waals surface area (Å²) >= 11 is 0. The molecule has 0 unspecified atom stereocenters. The molecule has 1 aromatic heterocycles. The molecule has 2 aromatic rings. The highest BCUT2D eigenvalue weighted by molar-refractivity contribution is 5.78. The summed E-state index contributed by atoms with van der Waals surface area (Å²) in [6.45, 7) is 5.94. The van der Waals surface area contributed by atoms with E-state index in [4.69, 9.17) is 5.26 Å². The van der Waals surface area contributed by atoms with E-state index in [1.807, 2.05) is 13.0 Å². The van der Waals surface area contributed by atoms with Crippen molar-refractivity contribution in [2.45, 2.75) is 25.8 Å². The number of hydrogen-bond donors (Lipinski definition) is 1. The van der Waals surface area contributed by atoms with Crippen LogP contribution in [-0.4, -0.2) is 66.5 Å². The predicted molar refractivity (Wildman–Crippen MR) is 110 cm³/mol. The molecule has 7 nitrogen and oxygen atoms in total. The summed E-state index contributed by atoms with van der Waals surface area (Å²) in [5.74, 6) is 0.985. The van der Waals surface area contributed by atoms with E-state index in [-0.39, 0.29) is 5.75 Å². The van der Waals surface area contributed by atoms with Gasteiger partial charge in [0, 0.05) is 38.3 Å². The van der Waals surface area contributed by atoms with Gasteiger partial charge in [0.05, 0.1) is 23.0 Å². The highest BCUT2D eigenvalue weighted by atomic mass is 16.3. The Balaban J connectivity index is 1.73. The van der Waals surface area contributed by atoms with Crippen LogP contribution in [0.3, 0.4) is 0 Å². The molecule has 4 rings (SSSR count). The van der Waals surface area contributed by atoms with E-state index in [0.29, 0.717) is 22.9 Å². The maximum absolute atomic E-state index is 10.5. The molecule has 1 saturated heterocycles. The molecule has 0 amide bonds. The van der Waals surface area contributed by atoms with Crippen LogP contribution in [0.4, 0.5) is 11.5 Å². The van der Waals surface area contributed by atoms with Crippen LogP contribution in [0.15, 0.2) is 18.2 Å². The highest BCUT2D eigenvalue weighted by Gasteiger charge is 2.31. The first-order valence-corrected chi connectivity index (χ1v) is 9.76. The van der Waals surface area contributed by atoms with Gasteiger partial charge in [0.25, 0.3) is 0 Å². The molecular weight excluding hydrogens is 352 g/mol. The van der Waals surface area contributed by atoms with E-state index in [0.717, 1.165) is 43.2 Å². The van der Waals surface area contributed by atoms with Gasteiger partial charge in [-0.25, -0.2) is 0 Å². The van der Waals surface area contributed by atoms with Crippen molar-refractivity contribution in [3.05, 3.63) is 29.3 Å². The molecule has 1 fully saturated rings. The van der Waals surface area contributed by atoms with Crippen molar-refractivity contribution in [1.29, 1.82) is 5.26 Å². The normalized spacial score (nSPS) is 20.0. The molecule has 28 heavy (non-hydrogen) atoms. The number of piperidine rings is 1. The van der Waals surface area contributed by atoms with Gasteiger partial charge in [-0.3, -0.25) is 0 Å². The number of aromatic hydroxyl groups is 1. The number of phenols is 1. The lowest BCUT2D eigenvalue weighted by atomic mass is 10.00. The number of phenolic OH excluding ortho intramolecular Hbond substituents is 1. The molecule has 1 aromatic carbocycles. The highest BCUT2D eigenvalue weighted by Crippen LogP contribution is 2.38. The topological polar surface area (TPSA) is 79.5 Å². The maximum Gasteiger partial charge on any atom is 0.175 e. The third kappa shape index (κ3) is 3.25. The van der Waals surface area contributed by atoms with Crippen molar-refractivity contribution in [3.63, 3.8) is 0 Å². The van der Waals surface area contributed by atoms with Gasteiger partial charge in [0.2, 0.25) is 0 Å². The van der Waals surface area contributed by atoms with Gasteiger partial charge in [-0.1, -0.05) is 0 Å². The molecule has 2 aliphatic heterocycles. The maximum atomic E-state index is 10.5. The summed E-state index contributed by atoms with van der Waals surface area (Å²) in [5, 5.41) is 28.6. The molecule has 2 aliphatic rings. The minimum atomic E-state index is 0.0648. The van der Waals surface area contributed by atoms with E-state index >= 15 is 0 Å². The van der Waals surface area contributed by atoms with Gasteiger partial charge >= 0.3 is 0 Å². The number of likely N-dealkylation sites (N-methyl/N-ethyl adjacent to an activating group) is 2. The number of benzene rings is 1. The Morgan fingerprint density at radius 1 is 1.14 bits per heavy atom. The van der Waals surface area contributed by atoms with Crippen LogP contribution in [-0.2, 0) is 0 Å². The molecule has 1 N–H and O–H groups in total. The lowest BCUT2D eigenvalue weighted by molar-refractivity contribution is 0.243. The Kier molecular flexibility index (Phi) is 4.82. The number of aromatic nitrogens is 2. The zero-order valence-corrected chi connectivity index (χ0v) is 16.7. The van der Waals surface area contributed by atoms with Crippen LogP contribution in [0.1, 0.15) is 24.0 Å². The lowest BCUT2D eigenvalue weighted by Crippen LogP contribution is -2.51. The summed E-state index contributed by atoms with van der Waals surface area (Å²) in [4.78, 5) is 6.98. The fraction of sp³-hybridized carbons (Fsp3) is 0.476. The fourth-order valence-corrected chi connectivity index (χ4v) is 4.38. The van der Waals surface area contributed by atoms with Gasteiger partial charge in [-0.2, -0.15) is 5.26 Å². The van der Waals surface area contributed by atoms with Crippen molar-refractivity contribution in [1.82, 2.24) is 15.1 Å². The second-order valence-electron chi connectivity index (χ2n) is 7.91. The summed E-state index contributed by atoms with van der Waals surface area (Å²) in [6, 6.07) is 7.79. The van der Waals surface area contributed by atoms with Crippen molar-refractivity contribution in [2.75, 3.05) is 50.1 Å². The molecule has 1 atom stereocenters. The largest absolute Gasteiger partial charge is 0.507 e. The number of aryl methyl sites for hydroxylation is 1. The number of fused-ring (bicyclic) bond motifs is 1. The molecular formula is C21H26N6O. The molecule has 0 saturated carbocycles. The first-order chi connectivity index (χ1) is 13.5. The lowest BCUT2D eigenvalue weighted by Gasteiger charge is -2.43. The van der Waals surface area contributed by atoms with Crippen LogP contribution in [0.2, 0.25) is 0 Å². The molecule has 7 heteroatoms. The van der Waals surface area contributed by atoms with Gasteiger partial charge in [0.1, 0.15) is 5.75 Å². The molecule has 0 aliphatic carbocycles. The average Bonchev–Trinajstić information content (AvgIpc) is 2.68. The zero-order chi connectivity index (χ0) is 19.8. The molecule has 0 bridgehead atoms. The summed E-state index contributed by atoms with van der Waals surface area (Å²) < 4.78 is 0. The fourth-order valence-electron chi connectivity index (χ4n) is 4.38. The van der Waals surface area contributed by atoms with Crippen molar-refractivity contribution < 1.29 is 5.11 Å². The minimum Gasteiger partial charge on any atom is -0.507 e. The standard InChI is InChI=1S/C21H26N6O/c1-14-9-15(12-22)10-19(28)20(14)17-11-18-21(24-23-17)27(8-7-26(18)3)16-5-4-6-25(2)13-16/h9-11,16,28H,4-8,13H2,1-3H3/t16-/m0/s1. The van der Waals surface area contributed by atoms with Gasteiger partial charge < -0.3 is 19.8 Å². The van der Waals surface area contributed by atoms with E-state index < -0.39 is 0 Å². The minimum absolute atomic E-state index is 0.0648. The average molecular weight is 378 g/mol. The Bertz CT molecular complexity index is 914. The third-order valence-electron chi connectivity index (χ3n) is 5.85. The quantitative estimate of drug-likeness (QED) is 0.859. The van der Waals surface area contributed by atoms with Crippen molar-refractivity contribution in [3.8, 4) is 23.1 Å². The Morgan fingerprint density at radius 3 is 2.68 bits per heavy atom. The van der Waals surface area contributed by atoms with Crippen LogP contribution in [0.25, 0.3) is 11.3 Å². The SMILES string of the molecule is Cc1cc(C#N)cc(O)c1-c1cc2c(nn1)N([C@H]1CCCN(C)C1)CCN2C. The number of anilines is 2. The summed E-state index contributed by atoms with van der Waals surface area (Å²) in [5.41, 5.74) is 3.56. The molecule has 0 spiro atoms. The molecule has 0 radical (unpaired) electrons. The number of hydrogen-bond acceptors (Lipinski definition) is 7. The van der Waals surface area contributed by atoms with E-state index in [1.165, 1.54) is 18.9 Å². The van der Waals surface area contributed by atoms with E-state index in [9.17, 15) is 5.11 Å². The smallest absolute Gasteiger partial charge is 0.175 e. The van der Waals surface area contributed by atoms with Crippen LogP contribution < -0.4 is 9.80 Å². The van der Waals surface area contributed by atoms with Gasteiger partial charge in [0.15, 0.2) is 5.82 Å². The second-order valence-corrected chi connectivity index (χ2v) is 7.91. The van der Waals surface area contributed by atoms with Crippen LogP contribution in [0, 0.1) is 18.3 Å². The summed E-state index contributed by atoms with van der Waals surface area (Å²) in [6.07, 6.45) is 2.37. The number of rotatable bonds is 2. The zero-order valence-electron chi connectivity index (χ0n) is 16.7. The van der Waals surface area contributed by atoms with E-state index in [2.05, 4.69) is 45.1 Å². The predicted octanol–water partition coefficient (Wildman–Crippen LogP) is 2.38. The number of nitriles is 1. The number of nitrogens with zero attached hydrogens (tertiary/aromatic N) is 6. The second kappa shape index (κ2) is 7.28. The van der Waals surface area contributed by atoms with E-state index in [1.54, 1.807) is 6.07 Å². The summed E-state index contributed by atoms with van der Waals surface area (Å²) in [7, 11) is 4.24.